The molecular weight excluding hydrogens is 471 g/mol. The zero-order chi connectivity index (χ0) is 25.1. The number of ether oxygens (including phenoxy) is 1. The lowest BCUT2D eigenvalue weighted by atomic mass is 10.0. The highest BCUT2D eigenvalue weighted by molar-refractivity contribution is 5.79. The number of fused-ring (bicyclic) bond motifs is 1. The highest BCUT2D eigenvalue weighted by atomic mass is 19.4. The Balaban J connectivity index is 1.43. The number of tetrazole rings is 1. The molecule has 1 aliphatic heterocycles. The molecule has 0 saturated carbocycles. The van der Waals surface area contributed by atoms with Gasteiger partial charge >= 0.3 is 6.18 Å². The fraction of sp³-hybridized carbons (Fsp3) is 0.360. The number of alkyl halides is 3. The SMILES string of the molecule is COCCn1nnnc1[C@H](c1ccc2ncccc2c1)N1CCN(c2cccc(C(F)(F)F)c2)CC1. The Labute approximate surface area is 206 Å². The molecule has 0 amide bonds. The highest BCUT2D eigenvalue weighted by Gasteiger charge is 2.33. The molecule has 2 aromatic carbocycles. The van der Waals surface area contributed by atoms with Crippen molar-refractivity contribution in [1.82, 2.24) is 30.1 Å². The average Bonchev–Trinajstić information content (AvgIpc) is 3.35. The number of halogens is 3. The lowest BCUT2D eigenvalue weighted by molar-refractivity contribution is -0.137. The van der Waals surface area contributed by atoms with E-state index in [-0.39, 0.29) is 6.04 Å². The first kappa shape index (κ1) is 24.1. The fourth-order valence-corrected chi connectivity index (χ4v) is 4.65. The summed E-state index contributed by atoms with van der Waals surface area (Å²) in [7, 11) is 1.63. The minimum atomic E-state index is -4.37. The van der Waals surface area contributed by atoms with Gasteiger partial charge in [-0.3, -0.25) is 9.88 Å². The second-order valence-electron chi connectivity index (χ2n) is 8.68. The molecule has 1 aliphatic rings. The normalized spacial score (nSPS) is 15.9. The minimum absolute atomic E-state index is 0.231. The molecule has 0 radical (unpaired) electrons. The lowest BCUT2D eigenvalue weighted by Crippen LogP contribution is -2.48. The molecule has 11 heteroatoms. The van der Waals surface area contributed by atoms with Crippen molar-refractivity contribution in [3.05, 3.63) is 77.7 Å². The van der Waals surface area contributed by atoms with Gasteiger partial charge in [0.2, 0.25) is 0 Å². The van der Waals surface area contributed by atoms with Gasteiger partial charge in [-0.2, -0.15) is 13.2 Å². The number of methoxy groups -OCH3 is 1. The molecule has 0 N–H and O–H groups in total. The Bertz CT molecular complexity index is 1320. The van der Waals surface area contributed by atoms with Crippen molar-refractivity contribution >= 4 is 16.6 Å². The van der Waals surface area contributed by atoms with Gasteiger partial charge in [-0.1, -0.05) is 18.2 Å². The van der Waals surface area contributed by atoms with Crippen LogP contribution in [0.4, 0.5) is 18.9 Å². The Hall–Kier alpha value is -3.57. The van der Waals surface area contributed by atoms with Crippen LogP contribution in [0.1, 0.15) is 23.0 Å². The van der Waals surface area contributed by atoms with Crippen molar-refractivity contribution < 1.29 is 17.9 Å². The molecular formula is C25H26F3N7O. The number of pyridine rings is 1. The summed E-state index contributed by atoms with van der Waals surface area (Å²) in [6.45, 7) is 3.38. The first-order valence-electron chi connectivity index (χ1n) is 11.7. The van der Waals surface area contributed by atoms with Crippen LogP contribution in [0.5, 0.6) is 0 Å². The van der Waals surface area contributed by atoms with Gasteiger partial charge < -0.3 is 9.64 Å². The van der Waals surface area contributed by atoms with E-state index in [1.807, 2.05) is 29.2 Å². The van der Waals surface area contributed by atoms with Gasteiger partial charge in [-0.15, -0.1) is 5.10 Å². The molecule has 0 spiro atoms. The molecule has 0 bridgehead atoms. The summed E-state index contributed by atoms with van der Waals surface area (Å²) in [4.78, 5) is 8.68. The predicted molar refractivity (Wildman–Crippen MR) is 129 cm³/mol. The highest BCUT2D eigenvalue weighted by Crippen LogP contribution is 2.34. The third-order valence-corrected chi connectivity index (χ3v) is 6.47. The second-order valence-corrected chi connectivity index (χ2v) is 8.68. The van der Waals surface area contributed by atoms with Crippen LogP contribution in [0.3, 0.4) is 0 Å². The van der Waals surface area contributed by atoms with Crippen molar-refractivity contribution in [2.24, 2.45) is 0 Å². The summed E-state index contributed by atoms with van der Waals surface area (Å²) in [5.41, 5.74) is 1.86. The molecule has 1 saturated heterocycles. The van der Waals surface area contributed by atoms with Crippen molar-refractivity contribution in [2.45, 2.75) is 18.8 Å². The molecule has 0 aliphatic carbocycles. The van der Waals surface area contributed by atoms with Crippen LogP contribution in [0, 0.1) is 0 Å². The first-order valence-corrected chi connectivity index (χ1v) is 11.7. The molecule has 1 fully saturated rings. The van der Waals surface area contributed by atoms with Gasteiger partial charge in [0.05, 0.1) is 30.3 Å². The smallest absolute Gasteiger partial charge is 0.383 e. The summed E-state index contributed by atoms with van der Waals surface area (Å²) in [5, 5.41) is 13.5. The quantitative estimate of drug-likeness (QED) is 0.385. The van der Waals surface area contributed by atoms with Gasteiger partial charge in [0.15, 0.2) is 5.82 Å². The van der Waals surface area contributed by atoms with Gasteiger partial charge in [0.25, 0.3) is 0 Å². The Morgan fingerprint density at radius 1 is 1.00 bits per heavy atom. The zero-order valence-electron chi connectivity index (χ0n) is 19.8. The first-order chi connectivity index (χ1) is 17.4. The maximum absolute atomic E-state index is 13.2. The number of anilines is 1. The minimum Gasteiger partial charge on any atom is -0.383 e. The number of hydrogen-bond donors (Lipinski definition) is 0. The number of piperazine rings is 1. The second kappa shape index (κ2) is 10.2. The third kappa shape index (κ3) is 5.02. The van der Waals surface area contributed by atoms with E-state index < -0.39 is 11.7 Å². The van der Waals surface area contributed by atoms with Crippen LogP contribution in [-0.4, -0.2) is 70.0 Å². The summed E-state index contributed by atoms with van der Waals surface area (Å²) in [5.74, 6) is 0.697. The maximum atomic E-state index is 13.2. The molecule has 2 aromatic heterocycles. The van der Waals surface area contributed by atoms with Crippen LogP contribution < -0.4 is 4.90 Å². The van der Waals surface area contributed by atoms with E-state index in [0.29, 0.717) is 50.8 Å². The third-order valence-electron chi connectivity index (χ3n) is 6.47. The predicted octanol–water partition coefficient (Wildman–Crippen LogP) is 3.80. The maximum Gasteiger partial charge on any atom is 0.416 e. The van der Waals surface area contributed by atoms with E-state index in [1.54, 1.807) is 24.1 Å². The topological polar surface area (TPSA) is 72.2 Å². The lowest BCUT2D eigenvalue weighted by Gasteiger charge is -2.40. The van der Waals surface area contributed by atoms with E-state index in [0.717, 1.165) is 22.5 Å². The van der Waals surface area contributed by atoms with E-state index >= 15 is 0 Å². The van der Waals surface area contributed by atoms with Crippen LogP contribution >= 0.6 is 0 Å². The molecule has 3 heterocycles. The van der Waals surface area contributed by atoms with E-state index in [9.17, 15) is 13.2 Å². The fourth-order valence-electron chi connectivity index (χ4n) is 4.65. The van der Waals surface area contributed by atoms with E-state index in [2.05, 4.69) is 31.5 Å². The standard InChI is InChI=1S/C25H26F3N7O/c1-36-15-14-35-24(30-31-32-35)23(19-7-8-22-18(16-19)4-3-9-29-22)34-12-10-33(11-13-34)21-6-2-5-20(17-21)25(26,27)28/h2-9,16-17,23H,10-15H2,1H3/t23-/m0/s1. The zero-order valence-corrected chi connectivity index (χ0v) is 19.8. The molecule has 5 rings (SSSR count). The molecule has 0 unspecified atom stereocenters. The van der Waals surface area contributed by atoms with Gasteiger partial charge in [0.1, 0.15) is 0 Å². The number of benzene rings is 2. The summed E-state index contributed by atoms with van der Waals surface area (Å²) in [6.07, 6.45) is -2.61. The summed E-state index contributed by atoms with van der Waals surface area (Å²) in [6, 6.07) is 15.3. The Morgan fingerprint density at radius 3 is 2.61 bits per heavy atom. The van der Waals surface area contributed by atoms with Gasteiger partial charge in [-0.25, -0.2) is 4.68 Å². The van der Waals surface area contributed by atoms with Crippen LogP contribution in [0.2, 0.25) is 0 Å². The molecule has 4 aromatic rings. The Kier molecular flexibility index (Phi) is 6.84. The summed E-state index contributed by atoms with van der Waals surface area (Å²) < 4.78 is 46.7. The Morgan fingerprint density at radius 2 is 1.83 bits per heavy atom. The molecule has 8 nitrogen and oxygen atoms in total. The number of hydrogen-bond acceptors (Lipinski definition) is 7. The largest absolute Gasteiger partial charge is 0.416 e. The number of aromatic nitrogens is 5. The number of rotatable bonds is 7. The van der Waals surface area contributed by atoms with Crippen molar-refractivity contribution in [1.29, 1.82) is 0 Å². The van der Waals surface area contributed by atoms with Crippen molar-refractivity contribution in [2.75, 3.05) is 44.8 Å². The average molecular weight is 498 g/mol. The van der Waals surface area contributed by atoms with E-state index in [4.69, 9.17) is 4.74 Å². The molecule has 188 valence electrons. The van der Waals surface area contributed by atoms with Crippen LogP contribution in [-0.2, 0) is 17.5 Å². The van der Waals surface area contributed by atoms with Crippen molar-refractivity contribution in [3.63, 3.8) is 0 Å². The molecule has 36 heavy (non-hydrogen) atoms. The van der Waals surface area contributed by atoms with Crippen molar-refractivity contribution in [3.8, 4) is 0 Å². The summed E-state index contributed by atoms with van der Waals surface area (Å²) >= 11 is 0. The molecule has 1 atom stereocenters. The monoisotopic (exact) mass is 497 g/mol. The van der Waals surface area contributed by atoms with E-state index in [1.165, 1.54) is 12.1 Å². The van der Waals surface area contributed by atoms with Crippen LogP contribution in [0.15, 0.2) is 60.8 Å². The number of nitrogens with zero attached hydrogens (tertiary/aromatic N) is 7. The van der Waals surface area contributed by atoms with Gasteiger partial charge in [0, 0.05) is 50.6 Å². The van der Waals surface area contributed by atoms with Gasteiger partial charge in [-0.05, 0) is 52.4 Å². The van der Waals surface area contributed by atoms with Crippen LogP contribution in [0.25, 0.3) is 10.9 Å².